The van der Waals surface area contributed by atoms with Crippen LogP contribution in [0, 0.1) is 11.6 Å². The van der Waals surface area contributed by atoms with Gasteiger partial charge in [-0.3, -0.25) is 4.90 Å². The van der Waals surface area contributed by atoms with Crippen LogP contribution >= 0.6 is 0 Å². The minimum atomic E-state index is -0.536. The van der Waals surface area contributed by atoms with E-state index in [9.17, 15) is 8.78 Å². The maximum Gasteiger partial charge on any atom is 0.149 e. The first-order chi connectivity index (χ1) is 10.7. The van der Waals surface area contributed by atoms with Crippen LogP contribution in [0.1, 0.15) is 12.7 Å². The summed E-state index contributed by atoms with van der Waals surface area (Å²) in [6.07, 6.45) is 3.81. The molecule has 1 aromatic carbocycles. The van der Waals surface area contributed by atoms with Crippen molar-refractivity contribution in [2.24, 2.45) is 0 Å². The molecule has 0 N–H and O–H groups in total. The number of aryl methyl sites for hydroxylation is 1. The number of hydrogen-bond donors (Lipinski definition) is 0. The van der Waals surface area contributed by atoms with Crippen LogP contribution in [-0.4, -0.2) is 40.6 Å². The average Bonchev–Trinajstić information content (AvgIpc) is 2.95. The fraction of sp³-hybridized carbons (Fsp3) is 0.438. The van der Waals surface area contributed by atoms with E-state index >= 15 is 0 Å². The van der Waals surface area contributed by atoms with Gasteiger partial charge in [-0.15, -0.1) is 0 Å². The summed E-state index contributed by atoms with van der Waals surface area (Å²) in [6.45, 7) is 6.96. The van der Waals surface area contributed by atoms with Gasteiger partial charge in [-0.25, -0.2) is 13.8 Å². The second-order valence-corrected chi connectivity index (χ2v) is 5.49. The third kappa shape index (κ3) is 3.11. The van der Waals surface area contributed by atoms with E-state index < -0.39 is 11.6 Å². The predicted molar refractivity (Wildman–Crippen MR) is 81.7 cm³/mol. The van der Waals surface area contributed by atoms with Crippen molar-refractivity contribution in [2.45, 2.75) is 20.0 Å². The van der Waals surface area contributed by atoms with Gasteiger partial charge in [0.2, 0.25) is 0 Å². The Hall–Kier alpha value is -1.95. The molecular weight excluding hydrogens is 286 g/mol. The van der Waals surface area contributed by atoms with Gasteiger partial charge in [-0.1, -0.05) is 0 Å². The molecule has 1 fully saturated rings. The van der Waals surface area contributed by atoms with Crippen molar-refractivity contribution in [3.05, 3.63) is 48.1 Å². The van der Waals surface area contributed by atoms with Crippen molar-refractivity contribution >= 4 is 5.69 Å². The lowest BCUT2D eigenvalue weighted by molar-refractivity contribution is 0.240. The number of piperazine rings is 1. The third-order valence-corrected chi connectivity index (χ3v) is 4.13. The monoisotopic (exact) mass is 306 g/mol. The van der Waals surface area contributed by atoms with Crippen LogP contribution in [0.4, 0.5) is 14.5 Å². The summed E-state index contributed by atoms with van der Waals surface area (Å²) >= 11 is 0. The Morgan fingerprint density at radius 1 is 1.14 bits per heavy atom. The highest BCUT2D eigenvalue weighted by Gasteiger charge is 2.20. The van der Waals surface area contributed by atoms with Gasteiger partial charge in [0, 0.05) is 51.2 Å². The highest BCUT2D eigenvalue weighted by atomic mass is 19.1. The minimum absolute atomic E-state index is 0.483. The second kappa shape index (κ2) is 6.44. The number of imidazole rings is 1. The molecule has 6 heteroatoms. The van der Waals surface area contributed by atoms with E-state index in [1.54, 1.807) is 0 Å². The van der Waals surface area contributed by atoms with Crippen LogP contribution in [0.15, 0.2) is 30.6 Å². The number of halogens is 2. The van der Waals surface area contributed by atoms with E-state index in [1.807, 2.05) is 17.3 Å². The Bertz CT molecular complexity index is 633. The molecule has 0 saturated carbocycles. The van der Waals surface area contributed by atoms with Gasteiger partial charge in [0.25, 0.3) is 0 Å². The SMILES string of the molecule is CCn1ccnc1CN1CCN(c2ccc(F)cc2F)CC1. The molecule has 1 aromatic heterocycles. The van der Waals surface area contributed by atoms with Crippen molar-refractivity contribution in [1.29, 1.82) is 0 Å². The average molecular weight is 306 g/mol. The first kappa shape index (κ1) is 15.0. The molecule has 22 heavy (non-hydrogen) atoms. The van der Waals surface area contributed by atoms with Crippen LogP contribution in [0.2, 0.25) is 0 Å². The van der Waals surface area contributed by atoms with E-state index in [0.717, 1.165) is 51.2 Å². The van der Waals surface area contributed by atoms with Crippen molar-refractivity contribution < 1.29 is 8.78 Å². The third-order valence-electron chi connectivity index (χ3n) is 4.13. The van der Waals surface area contributed by atoms with Gasteiger partial charge in [0.05, 0.1) is 12.2 Å². The molecule has 0 amide bonds. The number of rotatable bonds is 4. The molecule has 1 aliphatic rings. The lowest BCUT2D eigenvalue weighted by Crippen LogP contribution is -2.46. The number of benzene rings is 1. The molecule has 0 radical (unpaired) electrons. The maximum absolute atomic E-state index is 13.8. The Labute approximate surface area is 129 Å². The summed E-state index contributed by atoms with van der Waals surface area (Å²) in [5.41, 5.74) is 0.483. The zero-order valence-corrected chi connectivity index (χ0v) is 12.7. The van der Waals surface area contributed by atoms with Gasteiger partial charge in [-0.05, 0) is 19.1 Å². The Kier molecular flexibility index (Phi) is 4.38. The van der Waals surface area contributed by atoms with Crippen LogP contribution in [0.5, 0.6) is 0 Å². The quantitative estimate of drug-likeness (QED) is 0.867. The number of hydrogen-bond acceptors (Lipinski definition) is 3. The fourth-order valence-electron chi connectivity index (χ4n) is 2.86. The van der Waals surface area contributed by atoms with Crippen LogP contribution in [-0.2, 0) is 13.1 Å². The van der Waals surface area contributed by atoms with Crippen molar-refractivity contribution in [2.75, 3.05) is 31.1 Å². The van der Waals surface area contributed by atoms with Gasteiger partial charge in [-0.2, -0.15) is 0 Å². The summed E-state index contributed by atoms with van der Waals surface area (Å²) in [7, 11) is 0. The molecule has 4 nitrogen and oxygen atoms in total. The van der Waals surface area contributed by atoms with Gasteiger partial charge in [0.1, 0.15) is 17.5 Å². The molecule has 0 unspecified atom stereocenters. The lowest BCUT2D eigenvalue weighted by atomic mass is 10.2. The van der Waals surface area contributed by atoms with Crippen molar-refractivity contribution in [3.8, 4) is 0 Å². The Morgan fingerprint density at radius 2 is 1.91 bits per heavy atom. The standard InChI is InChI=1S/C16H20F2N4/c1-2-21-6-5-19-16(21)12-20-7-9-22(10-8-20)15-4-3-13(17)11-14(15)18/h3-6,11H,2,7-10,12H2,1H3. The number of anilines is 1. The second-order valence-electron chi connectivity index (χ2n) is 5.49. The van der Waals surface area contributed by atoms with E-state index in [-0.39, 0.29) is 0 Å². The van der Waals surface area contributed by atoms with Gasteiger partial charge in [0.15, 0.2) is 0 Å². The molecule has 1 aliphatic heterocycles. The summed E-state index contributed by atoms with van der Waals surface area (Å²) in [4.78, 5) is 8.67. The molecule has 3 rings (SSSR count). The van der Waals surface area contributed by atoms with Gasteiger partial charge < -0.3 is 9.47 Å². The minimum Gasteiger partial charge on any atom is -0.367 e. The van der Waals surface area contributed by atoms with E-state index in [4.69, 9.17) is 0 Å². The summed E-state index contributed by atoms with van der Waals surface area (Å²) < 4.78 is 28.9. The first-order valence-electron chi connectivity index (χ1n) is 7.59. The predicted octanol–water partition coefficient (Wildman–Crippen LogP) is 2.50. The lowest BCUT2D eigenvalue weighted by Gasteiger charge is -2.36. The van der Waals surface area contributed by atoms with Crippen LogP contribution < -0.4 is 4.90 Å². The van der Waals surface area contributed by atoms with Crippen LogP contribution in [0.3, 0.4) is 0 Å². The van der Waals surface area contributed by atoms with Crippen molar-refractivity contribution in [3.63, 3.8) is 0 Å². The van der Waals surface area contributed by atoms with Gasteiger partial charge >= 0.3 is 0 Å². The molecule has 2 aromatic rings. The molecule has 0 aliphatic carbocycles. The fourth-order valence-corrected chi connectivity index (χ4v) is 2.86. The Morgan fingerprint density at radius 3 is 2.59 bits per heavy atom. The molecule has 0 bridgehead atoms. The topological polar surface area (TPSA) is 24.3 Å². The van der Waals surface area contributed by atoms with Crippen LogP contribution in [0.25, 0.3) is 0 Å². The molecule has 0 atom stereocenters. The molecule has 2 heterocycles. The highest BCUT2D eigenvalue weighted by molar-refractivity contribution is 5.48. The number of aromatic nitrogens is 2. The molecule has 0 spiro atoms. The zero-order valence-electron chi connectivity index (χ0n) is 12.7. The van der Waals surface area contributed by atoms with E-state index in [1.165, 1.54) is 12.1 Å². The summed E-state index contributed by atoms with van der Waals surface area (Å²) in [5.74, 6) is 0.0326. The van der Waals surface area contributed by atoms with Crippen molar-refractivity contribution in [1.82, 2.24) is 14.5 Å². The smallest absolute Gasteiger partial charge is 0.149 e. The number of nitrogens with zero attached hydrogens (tertiary/aromatic N) is 4. The molecular formula is C16H20F2N4. The van der Waals surface area contributed by atoms with E-state index in [0.29, 0.717) is 5.69 Å². The van der Waals surface area contributed by atoms with E-state index in [2.05, 4.69) is 21.4 Å². The Balaban J connectivity index is 1.60. The first-order valence-corrected chi connectivity index (χ1v) is 7.59. The summed E-state index contributed by atoms with van der Waals surface area (Å²) in [5, 5.41) is 0. The zero-order chi connectivity index (χ0) is 15.5. The highest BCUT2D eigenvalue weighted by Crippen LogP contribution is 2.21. The molecule has 1 saturated heterocycles. The molecule has 118 valence electrons. The largest absolute Gasteiger partial charge is 0.367 e. The summed E-state index contributed by atoms with van der Waals surface area (Å²) in [6, 6.07) is 3.77. The maximum atomic E-state index is 13.8. The normalized spacial score (nSPS) is 16.2.